The van der Waals surface area contributed by atoms with Gasteiger partial charge in [0.15, 0.2) is 0 Å². The molecule has 1 aliphatic heterocycles. The fraction of sp³-hybridized carbons (Fsp3) is 0.857. The molecular weight excluding hydrogens is 240 g/mol. The van der Waals surface area contributed by atoms with Crippen LogP contribution in [0.2, 0.25) is 0 Å². The Hall–Kier alpha value is -1.10. The normalized spacial score (nSPS) is 14.9. The van der Waals surface area contributed by atoms with E-state index < -0.39 is 0 Å². The first-order chi connectivity index (χ1) is 9.18. The third kappa shape index (κ3) is 3.93. The van der Waals surface area contributed by atoms with Crippen molar-refractivity contribution in [3.63, 3.8) is 0 Å². The van der Waals surface area contributed by atoms with Gasteiger partial charge in [-0.1, -0.05) is 13.8 Å². The summed E-state index contributed by atoms with van der Waals surface area (Å²) < 4.78 is 3.46. The van der Waals surface area contributed by atoms with Gasteiger partial charge >= 0.3 is 5.69 Å². The molecule has 19 heavy (non-hydrogen) atoms. The van der Waals surface area contributed by atoms with Gasteiger partial charge in [0, 0.05) is 19.5 Å². The Morgan fingerprint density at radius 2 is 2.16 bits per heavy atom. The lowest BCUT2D eigenvalue weighted by atomic mass is 10.1. The minimum absolute atomic E-state index is 0.0682. The zero-order valence-corrected chi connectivity index (χ0v) is 12.2. The highest BCUT2D eigenvalue weighted by Gasteiger charge is 2.15. The van der Waals surface area contributed by atoms with E-state index in [2.05, 4.69) is 24.3 Å². The second-order valence-corrected chi connectivity index (χ2v) is 5.82. The SMILES string of the molecule is CC(C)CCCNCCn1nc2n(c1=O)CCCC2. The number of aromatic nitrogens is 3. The van der Waals surface area contributed by atoms with Crippen LogP contribution in [0.4, 0.5) is 0 Å². The van der Waals surface area contributed by atoms with Crippen LogP contribution in [0.5, 0.6) is 0 Å². The number of nitrogens with one attached hydrogen (secondary N) is 1. The predicted octanol–water partition coefficient (Wildman–Crippen LogP) is 1.41. The van der Waals surface area contributed by atoms with Crippen LogP contribution in [-0.4, -0.2) is 27.4 Å². The van der Waals surface area contributed by atoms with Gasteiger partial charge < -0.3 is 5.32 Å². The van der Waals surface area contributed by atoms with Crippen LogP contribution in [0, 0.1) is 5.92 Å². The molecule has 2 heterocycles. The zero-order valence-electron chi connectivity index (χ0n) is 12.2. The van der Waals surface area contributed by atoms with Gasteiger partial charge in [-0.25, -0.2) is 9.48 Å². The topological polar surface area (TPSA) is 51.9 Å². The standard InChI is InChI=1S/C14H26N4O/c1-12(2)6-5-8-15-9-11-18-14(19)17-10-4-3-7-13(17)16-18/h12,15H,3-11H2,1-2H3. The van der Waals surface area contributed by atoms with Crippen LogP contribution in [0.1, 0.15) is 45.4 Å². The van der Waals surface area contributed by atoms with E-state index in [4.69, 9.17) is 0 Å². The van der Waals surface area contributed by atoms with E-state index in [1.54, 1.807) is 4.68 Å². The summed E-state index contributed by atoms with van der Waals surface area (Å²) in [6, 6.07) is 0. The third-order valence-electron chi connectivity index (χ3n) is 3.67. The minimum Gasteiger partial charge on any atom is -0.315 e. The molecule has 0 saturated heterocycles. The molecule has 0 saturated carbocycles. The van der Waals surface area contributed by atoms with E-state index >= 15 is 0 Å². The Labute approximate surface area is 115 Å². The Bertz CT molecular complexity index is 447. The Kier molecular flexibility index (Phi) is 5.19. The number of aryl methyl sites for hydroxylation is 1. The van der Waals surface area contributed by atoms with E-state index in [0.717, 1.165) is 50.6 Å². The lowest BCUT2D eigenvalue weighted by molar-refractivity contribution is 0.494. The molecule has 5 heteroatoms. The molecule has 0 fully saturated rings. The molecule has 0 atom stereocenters. The van der Waals surface area contributed by atoms with Crippen molar-refractivity contribution in [2.75, 3.05) is 13.1 Å². The Morgan fingerprint density at radius 3 is 2.89 bits per heavy atom. The molecule has 108 valence electrons. The maximum atomic E-state index is 12.1. The van der Waals surface area contributed by atoms with Crippen molar-refractivity contribution < 1.29 is 0 Å². The first kappa shape index (κ1) is 14.3. The van der Waals surface area contributed by atoms with Gasteiger partial charge in [0.1, 0.15) is 5.82 Å². The molecule has 0 radical (unpaired) electrons. The zero-order chi connectivity index (χ0) is 13.7. The molecule has 0 bridgehead atoms. The second kappa shape index (κ2) is 6.89. The minimum atomic E-state index is 0.0682. The largest absolute Gasteiger partial charge is 0.345 e. The average Bonchev–Trinajstić information content (AvgIpc) is 2.71. The summed E-state index contributed by atoms with van der Waals surface area (Å²) in [6.07, 6.45) is 5.66. The number of hydrogen-bond acceptors (Lipinski definition) is 3. The van der Waals surface area contributed by atoms with E-state index in [0.29, 0.717) is 6.54 Å². The van der Waals surface area contributed by atoms with Crippen LogP contribution in [-0.2, 0) is 19.5 Å². The first-order valence-corrected chi connectivity index (χ1v) is 7.55. The van der Waals surface area contributed by atoms with E-state index in [1.807, 2.05) is 4.57 Å². The second-order valence-electron chi connectivity index (χ2n) is 5.82. The molecule has 0 amide bonds. The van der Waals surface area contributed by atoms with Crippen molar-refractivity contribution >= 4 is 0 Å². The lowest BCUT2D eigenvalue weighted by Crippen LogP contribution is -2.30. The van der Waals surface area contributed by atoms with Crippen molar-refractivity contribution in [2.24, 2.45) is 5.92 Å². The monoisotopic (exact) mass is 266 g/mol. The van der Waals surface area contributed by atoms with Crippen molar-refractivity contribution in [3.8, 4) is 0 Å². The number of hydrogen-bond donors (Lipinski definition) is 1. The maximum absolute atomic E-state index is 12.1. The molecule has 0 unspecified atom stereocenters. The van der Waals surface area contributed by atoms with Crippen molar-refractivity contribution in [2.45, 2.75) is 59.0 Å². The predicted molar refractivity (Wildman–Crippen MR) is 76.4 cm³/mol. The summed E-state index contributed by atoms with van der Waals surface area (Å²) in [5.41, 5.74) is 0.0682. The molecule has 2 rings (SSSR count). The highest BCUT2D eigenvalue weighted by atomic mass is 16.2. The molecule has 0 aromatic carbocycles. The fourth-order valence-electron chi connectivity index (χ4n) is 2.54. The van der Waals surface area contributed by atoms with Crippen molar-refractivity contribution in [1.82, 2.24) is 19.7 Å². The fourth-order valence-corrected chi connectivity index (χ4v) is 2.54. The smallest absolute Gasteiger partial charge is 0.315 e. The van der Waals surface area contributed by atoms with Gasteiger partial charge in [0.25, 0.3) is 0 Å². The molecular formula is C14H26N4O. The lowest BCUT2D eigenvalue weighted by Gasteiger charge is -2.09. The first-order valence-electron chi connectivity index (χ1n) is 7.55. The average molecular weight is 266 g/mol. The van der Waals surface area contributed by atoms with Gasteiger partial charge in [-0.2, -0.15) is 5.10 Å². The molecule has 0 spiro atoms. The van der Waals surface area contributed by atoms with Crippen LogP contribution >= 0.6 is 0 Å². The summed E-state index contributed by atoms with van der Waals surface area (Å²) in [6.45, 7) is 7.87. The van der Waals surface area contributed by atoms with Crippen molar-refractivity contribution in [1.29, 1.82) is 0 Å². The van der Waals surface area contributed by atoms with E-state index in [9.17, 15) is 4.79 Å². The van der Waals surface area contributed by atoms with E-state index in [-0.39, 0.29) is 5.69 Å². The van der Waals surface area contributed by atoms with Crippen LogP contribution in [0.25, 0.3) is 0 Å². The molecule has 1 aromatic heterocycles. The van der Waals surface area contributed by atoms with Gasteiger partial charge in [-0.05, 0) is 38.1 Å². The highest BCUT2D eigenvalue weighted by molar-refractivity contribution is 4.91. The molecule has 0 aliphatic carbocycles. The molecule has 1 aliphatic rings. The Morgan fingerprint density at radius 1 is 1.32 bits per heavy atom. The number of fused-ring (bicyclic) bond motifs is 1. The van der Waals surface area contributed by atoms with Gasteiger partial charge in [0.2, 0.25) is 0 Å². The molecule has 1 aromatic rings. The molecule has 1 N–H and O–H groups in total. The van der Waals surface area contributed by atoms with Crippen LogP contribution < -0.4 is 11.0 Å². The van der Waals surface area contributed by atoms with Crippen molar-refractivity contribution in [3.05, 3.63) is 16.3 Å². The summed E-state index contributed by atoms with van der Waals surface area (Å²) >= 11 is 0. The number of nitrogens with zero attached hydrogens (tertiary/aromatic N) is 3. The van der Waals surface area contributed by atoms with Crippen LogP contribution in [0.3, 0.4) is 0 Å². The van der Waals surface area contributed by atoms with E-state index in [1.165, 1.54) is 12.8 Å². The third-order valence-corrected chi connectivity index (χ3v) is 3.67. The van der Waals surface area contributed by atoms with Gasteiger partial charge in [0.05, 0.1) is 6.54 Å². The summed E-state index contributed by atoms with van der Waals surface area (Å²) in [4.78, 5) is 12.1. The Balaban J connectivity index is 1.74. The summed E-state index contributed by atoms with van der Waals surface area (Å²) in [7, 11) is 0. The summed E-state index contributed by atoms with van der Waals surface area (Å²) in [5, 5.41) is 7.81. The van der Waals surface area contributed by atoms with Crippen LogP contribution in [0.15, 0.2) is 4.79 Å². The maximum Gasteiger partial charge on any atom is 0.345 e. The number of rotatable bonds is 7. The quantitative estimate of drug-likeness (QED) is 0.759. The highest BCUT2D eigenvalue weighted by Crippen LogP contribution is 2.09. The van der Waals surface area contributed by atoms with Gasteiger partial charge in [-0.3, -0.25) is 4.57 Å². The van der Waals surface area contributed by atoms with Gasteiger partial charge in [-0.15, -0.1) is 0 Å². The molecule has 5 nitrogen and oxygen atoms in total. The summed E-state index contributed by atoms with van der Waals surface area (Å²) in [5.74, 6) is 1.74.